The van der Waals surface area contributed by atoms with E-state index >= 15 is 0 Å². The van der Waals surface area contributed by atoms with Gasteiger partial charge in [-0.3, -0.25) is 9.59 Å². The van der Waals surface area contributed by atoms with Gasteiger partial charge < -0.3 is 24.4 Å². The predicted octanol–water partition coefficient (Wildman–Crippen LogP) is 2.75. The average molecular weight is 407 g/mol. The number of rotatable bonds is 8. The van der Waals surface area contributed by atoms with Gasteiger partial charge in [0.2, 0.25) is 0 Å². The van der Waals surface area contributed by atoms with Crippen LogP contribution in [0.1, 0.15) is 15.9 Å². The zero-order valence-corrected chi connectivity index (χ0v) is 17.0. The summed E-state index contributed by atoms with van der Waals surface area (Å²) in [6.07, 6.45) is 0. The molecule has 0 fully saturated rings. The molecule has 0 aromatic heterocycles. The van der Waals surface area contributed by atoms with Crippen molar-refractivity contribution in [2.75, 3.05) is 34.9 Å². The molecule has 0 unspecified atom stereocenters. The van der Waals surface area contributed by atoms with Crippen LogP contribution in [0.25, 0.3) is 0 Å². The summed E-state index contributed by atoms with van der Waals surface area (Å²) in [7, 11) is 6.24. The summed E-state index contributed by atoms with van der Waals surface area (Å²) in [5.41, 5.74) is 1.22. The van der Waals surface area contributed by atoms with Crippen molar-refractivity contribution >= 4 is 23.4 Å². The molecule has 0 aliphatic rings. The smallest absolute Gasteiger partial charge is 0.257 e. The lowest BCUT2D eigenvalue weighted by atomic mass is 10.1. The van der Waals surface area contributed by atoms with Gasteiger partial charge in [0.15, 0.2) is 18.1 Å². The van der Waals surface area contributed by atoms with Crippen LogP contribution in [0.2, 0.25) is 5.02 Å². The normalized spacial score (nSPS) is 10.2. The number of ether oxygens (including phenoxy) is 3. The van der Waals surface area contributed by atoms with E-state index in [2.05, 4.69) is 5.32 Å². The fourth-order valence-corrected chi connectivity index (χ4v) is 2.75. The van der Waals surface area contributed by atoms with Crippen molar-refractivity contribution in [2.24, 2.45) is 0 Å². The molecule has 0 aliphatic heterocycles. The molecule has 7 nitrogen and oxygen atoms in total. The SMILES string of the molecule is CNC(=O)COc1ccc(C(=O)N(C)Cc2cc(Cl)ccc2OC)cc1OC. The quantitative estimate of drug-likeness (QED) is 0.729. The van der Waals surface area contributed by atoms with Crippen LogP contribution in [-0.4, -0.2) is 51.6 Å². The summed E-state index contributed by atoms with van der Waals surface area (Å²) in [6, 6.07) is 10.1. The van der Waals surface area contributed by atoms with E-state index in [0.717, 1.165) is 5.56 Å². The fourth-order valence-electron chi connectivity index (χ4n) is 2.55. The third-order valence-corrected chi connectivity index (χ3v) is 4.28. The number of methoxy groups -OCH3 is 2. The lowest BCUT2D eigenvalue weighted by Crippen LogP contribution is -2.26. The Bertz CT molecular complexity index is 856. The Balaban J connectivity index is 2.17. The highest BCUT2D eigenvalue weighted by molar-refractivity contribution is 6.30. The highest BCUT2D eigenvalue weighted by Crippen LogP contribution is 2.29. The fraction of sp³-hybridized carbons (Fsp3) is 0.300. The minimum atomic E-state index is -0.266. The van der Waals surface area contributed by atoms with Crippen LogP contribution in [-0.2, 0) is 11.3 Å². The molecule has 2 rings (SSSR count). The van der Waals surface area contributed by atoms with Crippen LogP contribution in [0.5, 0.6) is 17.2 Å². The third kappa shape index (κ3) is 5.29. The molecule has 8 heteroatoms. The zero-order valence-electron chi connectivity index (χ0n) is 16.2. The lowest BCUT2D eigenvalue weighted by Gasteiger charge is -2.20. The molecule has 0 saturated heterocycles. The summed E-state index contributed by atoms with van der Waals surface area (Å²) in [5.74, 6) is 0.917. The largest absolute Gasteiger partial charge is 0.496 e. The Morgan fingerprint density at radius 1 is 1.04 bits per heavy atom. The van der Waals surface area contributed by atoms with Crippen molar-refractivity contribution in [2.45, 2.75) is 6.54 Å². The van der Waals surface area contributed by atoms with Crippen molar-refractivity contribution in [3.05, 3.63) is 52.5 Å². The van der Waals surface area contributed by atoms with Crippen LogP contribution in [0.4, 0.5) is 0 Å². The first-order valence-corrected chi connectivity index (χ1v) is 8.86. The number of likely N-dealkylation sites (N-methyl/N-ethyl adjacent to an activating group) is 1. The maximum atomic E-state index is 12.8. The molecule has 2 aromatic rings. The Hall–Kier alpha value is -2.93. The van der Waals surface area contributed by atoms with Crippen LogP contribution >= 0.6 is 11.6 Å². The highest BCUT2D eigenvalue weighted by Gasteiger charge is 2.17. The highest BCUT2D eigenvalue weighted by atomic mass is 35.5. The molecule has 28 heavy (non-hydrogen) atoms. The van der Waals surface area contributed by atoms with E-state index in [1.165, 1.54) is 14.2 Å². The van der Waals surface area contributed by atoms with Crippen molar-refractivity contribution in [3.63, 3.8) is 0 Å². The number of nitrogens with one attached hydrogen (secondary N) is 1. The Morgan fingerprint density at radius 2 is 1.71 bits per heavy atom. The van der Waals surface area contributed by atoms with Crippen LogP contribution in [0.15, 0.2) is 36.4 Å². The summed E-state index contributed by atoms with van der Waals surface area (Å²) in [5, 5.41) is 3.03. The minimum absolute atomic E-state index is 0.144. The molecular weight excluding hydrogens is 384 g/mol. The number of carbonyl (C=O) groups is 2. The van der Waals surface area contributed by atoms with E-state index in [0.29, 0.717) is 34.4 Å². The molecule has 150 valence electrons. The van der Waals surface area contributed by atoms with E-state index in [1.807, 2.05) is 0 Å². The first-order valence-electron chi connectivity index (χ1n) is 8.48. The van der Waals surface area contributed by atoms with Crippen LogP contribution in [0, 0.1) is 0 Å². The van der Waals surface area contributed by atoms with Gasteiger partial charge in [-0.1, -0.05) is 11.6 Å². The zero-order chi connectivity index (χ0) is 20.7. The second-order valence-electron chi connectivity index (χ2n) is 5.94. The van der Waals surface area contributed by atoms with Gasteiger partial charge in [-0.15, -0.1) is 0 Å². The maximum absolute atomic E-state index is 12.8. The molecule has 2 amide bonds. The molecule has 0 saturated carbocycles. The van der Waals surface area contributed by atoms with Gasteiger partial charge in [0.1, 0.15) is 5.75 Å². The van der Waals surface area contributed by atoms with Gasteiger partial charge in [0.25, 0.3) is 11.8 Å². The molecule has 0 spiro atoms. The Morgan fingerprint density at radius 3 is 2.36 bits per heavy atom. The van der Waals surface area contributed by atoms with Gasteiger partial charge in [-0.05, 0) is 36.4 Å². The van der Waals surface area contributed by atoms with E-state index < -0.39 is 0 Å². The number of hydrogen-bond donors (Lipinski definition) is 1. The molecule has 0 radical (unpaired) electrons. The van der Waals surface area contributed by atoms with Gasteiger partial charge in [-0.25, -0.2) is 0 Å². The van der Waals surface area contributed by atoms with E-state index in [-0.39, 0.29) is 18.4 Å². The van der Waals surface area contributed by atoms with E-state index in [1.54, 1.807) is 55.5 Å². The predicted molar refractivity (Wildman–Crippen MR) is 106 cm³/mol. The molecule has 2 aromatic carbocycles. The number of hydrogen-bond acceptors (Lipinski definition) is 5. The van der Waals surface area contributed by atoms with E-state index in [9.17, 15) is 9.59 Å². The minimum Gasteiger partial charge on any atom is -0.496 e. The van der Waals surface area contributed by atoms with Gasteiger partial charge in [0.05, 0.1) is 14.2 Å². The topological polar surface area (TPSA) is 77.1 Å². The van der Waals surface area contributed by atoms with Gasteiger partial charge >= 0.3 is 0 Å². The van der Waals surface area contributed by atoms with Gasteiger partial charge in [-0.2, -0.15) is 0 Å². The number of benzene rings is 2. The van der Waals surface area contributed by atoms with Crippen molar-refractivity contribution in [1.82, 2.24) is 10.2 Å². The molecule has 1 N–H and O–H groups in total. The first kappa shape index (κ1) is 21.4. The summed E-state index contributed by atoms with van der Waals surface area (Å²) in [6.45, 7) is 0.175. The molecule has 0 bridgehead atoms. The maximum Gasteiger partial charge on any atom is 0.257 e. The second kappa shape index (κ2) is 9.85. The van der Waals surface area contributed by atoms with Crippen molar-refractivity contribution in [3.8, 4) is 17.2 Å². The Kier molecular flexibility index (Phi) is 7.52. The molecular formula is C20H23ClN2O5. The lowest BCUT2D eigenvalue weighted by molar-refractivity contribution is -0.122. The third-order valence-electron chi connectivity index (χ3n) is 4.04. The van der Waals surface area contributed by atoms with Gasteiger partial charge in [0, 0.05) is 36.8 Å². The molecule has 0 heterocycles. The van der Waals surface area contributed by atoms with Crippen LogP contribution < -0.4 is 19.5 Å². The number of halogens is 1. The summed E-state index contributed by atoms with van der Waals surface area (Å²) in [4.78, 5) is 25.7. The first-order chi connectivity index (χ1) is 13.4. The van der Waals surface area contributed by atoms with Crippen molar-refractivity contribution < 1.29 is 23.8 Å². The summed E-state index contributed by atoms with van der Waals surface area (Å²) < 4.78 is 16.0. The molecule has 0 atom stereocenters. The molecule has 0 aliphatic carbocycles. The van der Waals surface area contributed by atoms with E-state index in [4.69, 9.17) is 25.8 Å². The Labute approximate surface area is 169 Å². The monoisotopic (exact) mass is 406 g/mol. The number of carbonyl (C=O) groups excluding carboxylic acids is 2. The summed E-state index contributed by atoms with van der Waals surface area (Å²) >= 11 is 6.06. The van der Waals surface area contributed by atoms with Crippen LogP contribution in [0.3, 0.4) is 0 Å². The number of nitrogens with zero attached hydrogens (tertiary/aromatic N) is 1. The number of amides is 2. The standard InChI is InChI=1S/C20H23ClN2O5/c1-22-19(24)12-28-17-7-5-13(10-18(17)27-4)20(25)23(2)11-14-9-15(21)6-8-16(14)26-3/h5-10H,11-12H2,1-4H3,(H,22,24). The second-order valence-corrected chi connectivity index (χ2v) is 6.38. The van der Waals surface area contributed by atoms with Crippen molar-refractivity contribution in [1.29, 1.82) is 0 Å². The average Bonchev–Trinajstić information content (AvgIpc) is 2.71.